The van der Waals surface area contributed by atoms with E-state index in [1.165, 1.54) is 36.8 Å². The van der Waals surface area contributed by atoms with Crippen molar-refractivity contribution in [3.63, 3.8) is 0 Å². The van der Waals surface area contributed by atoms with Crippen molar-refractivity contribution in [2.75, 3.05) is 18.4 Å². The number of carbonyl (C=O) groups excluding carboxylic acids is 1. The van der Waals surface area contributed by atoms with Gasteiger partial charge in [0.25, 0.3) is 0 Å². The maximum absolute atomic E-state index is 11.8. The number of rotatable bonds is 7. The van der Waals surface area contributed by atoms with Gasteiger partial charge >= 0.3 is 0 Å². The predicted molar refractivity (Wildman–Crippen MR) is 96.2 cm³/mol. The number of aryl methyl sites for hydroxylation is 1. The lowest BCUT2D eigenvalue weighted by atomic mass is 9.97. The summed E-state index contributed by atoms with van der Waals surface area (Å²) in [4.78, 5) is 11.8. The van der Waals surface area contributed by atoms with Gasteiger partial charge in [-0.05, 0) is 56.7 Å². The summed E-state index contributed by atoms with van der Waals surface area (Å²) in [6, 6.07) is 6.14. The lowest BCUT2D eigenvalue weighted by Gasteiger charge is -2.13. The van der Waals surface area contributed by atoms with Crippen LogP contribution < -0.4 is 10.6 Å². The van der Waals surface area contributed by atoms with Crippen molar-refractivity contribution in [2.24, 2.45) is 0 Å². The van der Waals surface area contributed by atoms with Gasteiger partial charge in [-0.1, -0.05) is 33.6 Å². The van der Waals surface area contributed by atoms with Crippen LogP contribution >= 0.6 is 15.9 Å². The second kappa shape index (κ2) is 8.99. The van der Waals surface area contributed by atoms with Crippen LogP contribution in [0.15, 0.2) is 34.3 Å². The molecule has 2 N–H and O–H groups in total. The minimum absolute atomic E-state index is 0.120. The maximum atomic E-state index is 11.8. The van der Waals surface area contributed by atoms with Crippen molar-refractivity contribution in [2.45, 2.75) is 45.4 Å². The van der Waals surface area contributed by atoms with Crippen molar-refractivity contribution < 1.29 is 4.79 Å². The van der Waals surface area contributed by atoms with E-state index in [2.05, 4.69) is 45.6 Å². The molecule has 120 valence electrons. The molecule has 0 aliphatic heterocycles. The van der Waals surface area contributed by atoms with Crippen LogP contribution in [-0.2, 0) is 4.79 Å². The molecule has 1 aliphatic carbocycles. The minimum atomic E-state index is 0.120. The van der Waals surface area contributed by atoms with Crippen molar-refractivity contribution in [1.29, 1.82) is 0 Å². The van der Waals surface area contributed by atoms with Gasteiger partial charge in [0.1, 0.15) is 0 Å². The highest BCUT2D eigenvalue weighted by Gasteiger charge is 2.05. The van der Waals surface area contributed by atoms with Crippen LogP contribution in [0.5, 0.6) is 0 Å². The third-order valence-corrected chi connectivity index (χ3v) is 4.86. The average Bonchev–Trinajstić information content (AvgIpc) is 2.52. The topological polar surface area (TPSA) is 41.1 Å². The Kier molecular flexibility index (Phi) is 6.97. The van der Waals surface area contributed by atoms with Crippen LogP contribution in [0, 0.1) is 6.92 Å². The first kappa shape index (κ1) is 17.1. The molecule has 0 radical (unpaired) electrons. The Labute approximate surface area is 141 Å². The molecule has 0 bridgehead atoms. The van der Waals surface area contributed by atoms with Crippen LogP contribution in [0.4, 0.5) is 5.69 Å². The lowest BCUT2D eigenvalue weighted by molar-refractivity contribution is -0.120. The molecule has 1 amide bonds. The highest BCUT2D eigenvalue weighted by Crippen LogP contribution is 2.20. The van der Waals surface area contributed by atoms with Gasteiger partial charge in [-0.3, -0.25) is 4.79 Å². The Hall–Kier alpha value is -1.29. The molecule has 0 unspecified atom stereocenters. The molecule has 1 aromatic rings. The maximum Gasteiger partial charge on any atom is 0.221 e. The van der Waals surface area contributed by atoms with E-state index in [-0.39, 0.29) is 5.91 Å². The molecule has 0 saturated carbocycles. The number of benzene rings is 1. The van der Waals surface area contributed by atoms with Gasteiger partial charge in [0.15, 0.2) is 0 Å². The molecular formula is C18H25BrN2O. The first-order chi connectivity index (χ1) is 10.6. The van der Waals surface area contributed by atoms with Crippen LogP contribution in [0.2, 0.25) is 0 Å². The summed E-state index contributed by atoms with van der Waals surface area (Å²) in [5.41, 5.74) is 3.76. The second-order valence-electron chi connectivity index (χ2n) is 5.85. The zero-order valence-corrected chi connectivity index (χ0v) is 14.8. The molecule has 0 spiro atoms. The van der Waals surface area contributed by atoms with Crippen LogP contribution in [0.25, 0.3) is 0 Å². The van der Waals surface area contributed by atoms with Crippen molar-refractivity contribution in [3.05, 3.63) is 39.9 Å². The molecule has 0 aromatic heterocycles. The summed E-state index contributed by atoms with van der Waals surface area (Å²) in [5.74, 6) is 0.120. The molecule has 2 rings (SSSR count). The fraction of sp³-hybridized carbons (Fsp3) is 0.500. The Morgan fingerprint density at radius 1 is 1.27 bits per heavy atom. The standard InChI is InChI=1S/C18H25BrN2O/c1-14-7-8-16(13-17(14)19)20-12-10-18(22)21-11-9-15-5-3-2-4-6-15/h5,7-8,13,20H,2-4,6,9-12H2,1H3,(H,21,22). The van der Waals surface area contributed by atoms with Crippen molar-refractivity contribution in [1.82, 2.24) is 5.32 Å². The summed E-state index contributed by atoms with van der Waals surface area (Å²) in [6.07, 6.45) is 8.88. The minimum Gasteiger partial charge on any atom is -0.384 e. The molecule has 22 heavy (non-hydrogen) atoms. The van der Waals surface area contributed by atoms with E-state index < -0.39 is 0 Å². The fourth-order valence-corrected chi connectivity index (χ4v) is 2.98. The molecule has 0 fully saturated rings. The van der Waals surface area contributed by atoms with Crippen LogP contribution in [0.3, 0.4) is 0 Å². The Morgan fingerprint density at radius 2 is 2.14 bits per heavy atom. The number of nitrogens with one attached hydrogen (secondary N) is 2. The zero-order valence-electron chi connectivity index (χ0n) is 13.3. The number of allylic oxidation sites excluding steroid dienone is 1. The summed E-state index contributed by atoms with van der Waals surface area (Å²) in [7, 11) is 0. The number of amides is 1. The normalized spacial score (nSPS) is 14.4. The van der Waals surface area contributed by atoms with E-state index in [0.717, 1.165) is 23.1 Å². The molecule has 4 heteroatoms. The number of hydrogen-bond acceptors (Lipinski definition) is 2. The summed E-state index contributed by atoms with van der Waals surface area (Å²) in [6.45, 7) is 3.48. The van der Waals surface area contributed by atoms with E-state index >= 15 is 0 Å². The fourth-order valence-electron chi connectivity index (χ4n) is 2.61. The van der Waals surface area contributed by atoms with Gasteiger partial charge in [-0.25, -0.2) is 0 Å². The third kappa shape index (κ3) is 5.84. The Balaban J connectivity index is 1.61. The molecular weight excluding hydrogens is 340 g/mol. The SMILES string of the molecule is Cc1ccc(NCCC(=O)NCCC2=CCCCC2)cc1Br. The van der Waals surface area contributed by atoms with E-state index in [0.29, 0.717) is 13.0 Å². The second-order valence-corrected chi connectivity index (χ2v) is 6.70. The molecule has 3 nitrogen and oxygen atoms in total. The first-order valence-electron chi connectivity index (χ1n) is 8.10. The predicted octanol–water partition coefficient (Wildman–Crippen LogP) is 4.57. The number of halogens is 1. The number of carbonyl (C=O) groups is 1. The third-order valence-electron chi connectivity index (χ3n) is 4.01. The molecule has 0 saturated heterocycles. The monoisotopic (exact) mass is 364 g/mol. The zero-order chi connectivity index (χ0) is 15.8. The average molecular weight is 365 g/mol. The van der Waals surface area contributed by atoms with Crippen LogP contribution in [0.1, 0.15) is 44.1 Å². The van der Waals surface area contributed by atoms with Gasteiger partial charge in [-0.2, -0.15) is 0 Å². The van der Waals surface area contributed by atoms with Gasteiger partial charge in [0, 0.05) is 29.7 Å². The highest BCUT2D eigenvalue weighted by atomic mass is 79.9. The van der Waals surface area contributed by atoms with E-state index in [1.807, 2.05) is 12.1 Å². The molecule has 0 heterocycles. The first-order valence-corrected chi connectivity index (χ1v) is 8.89. The smallest absolute Gasteiger partial charge is 0.221 e. The van der Waals surface area contributed by atoms with Crippen LogP contribution in [-0.4, -0.2) is 19.0 Å². The Morgan fingerprint density at radius 3 is 2.86 bits per heavy atom. The lowest BCUT2D eigenvalue weighted by Crippen LogP contribution is -2.26. The van der Waals surface area contributed by atoms with E-state index in [9.17, 15) is 4.79 Å². The molecule has 1 aliphatic rings. The van der Waals surface area contributed by atoms with Crippen molar-refractivity contribution in [3.8, 4) is 0 Å². The molecule has 0 atom stereocenters. The van der Waals surface area contributed by atoms with Gasteiger partial charge in [-0.15, -0.1) is 0 Å². The van der Waals surface area contributed by atoms with Gasteiger partial charge in [0.05, 0.1) is 0 Å². The number of anilines is 1. The summed E-state index contributed by atoms with van der Waals surface area (Å²) in [5, 5.41) is 6.29. The van der Waals surface area contributed by atoms with Gasteiger partial charge < -0.3 is 10.6 Å². The largest absolute Gasteiger partial charge is 0.384 e. The summed E-state index contributed by atoms with van der Waals surface area (Å²) >= 11 is 3.51. The number of hydrogen-bond donors (Lipinski definition) is 2. The summed E-state index contributed by atoms with van der Waals surface area (Å²) < 4.78 is 1.09. The Bertz CT molecular complexity index is 540. The van der Waals surface area contributed by atoms with E-state index in [4.69, 9.17) is 0 Å². The molecule has 1 aromatic carbocycles. The van der Waals surface area contributed by atoms with Crippen molar-refractivity contribution >= 4 is 27.5 Å². The highest BCUT2D eigenvalue weighted by molar-refractivity contribution is 9.10. The van der Waals surface area contributed by atoms with Gasteiger partial charge in [0.2, 0.25) is 5.91 Å². The quantitative estimate of drug-likeness (QED) is 0.695. The van der Waals surface area contributed by atoms with E-state index in [1.54, 1.807) is 0 Å².